The van der Waals surface area contributed by atoms with Crippen molar-refractivity contribution < 1.29 is 14.6 Å². The van der Waals surface area contributed by atoms with Crippen LogP contribution in [0.25, 0.3) is 0 Å². The average Bonchev–Trinajstić information content (AvgIpc) is 2.82. The summed E-state index contributed by atoms with van der Waals surface area (Å²) in [7, 11) is 1.64. The van der Waals surface area contributed by atoms with Gasteiger partial charge in [0.2, 0.25) is 0 Å². The Kier molecular flexibility index (Phi) is 6.09. The fourth-order valence-electron chi connectivity index (χ4n) is 3.86. The van der Waals surface area contributed by atoms with Crippen molar-refractivity contribution in [3.63, 3.8) is 0 Å². The van der Waals surface area contributed by atoms with Gasteiger partial charge in [-0.25, -0.2) is 4.79 Å². The first-order valence-electron chi connectivity index (χ1n) is 10.4. The smallest absolute Gasteiger partial charge is 0.321 e. The highest BCUT2D eigenvalue weighted by Crippen LogP contribution is 2.33. The van der Waals surface area contributed by atoms with Gasteiger partial charge in [0.1, 0.15) is 5.75 Å². The van der Waals surface area contributed by atoms with Crippen molar-refractivity contribution in [3.05, 3.63) is 84.4 Å². The number of hydrogen-bond acceptors (Lipinski definition) is 4. The molecule has 1 fully saturated rings. The number of rotatable bonds is 5. The Bertz CT molecular complexity index is 1010. The van der Waals surface area contributed by atoms with Gasteiger partial charge in [0.05, 0.1) is 18.4 Å². The molecule has 3 N–H and O–H groups in total. The second-order valence-electron chi connectivity index (χ2n) is 7.72. The molecule has 0 radical (unpaired) electrons. The highest BCUT2D eigenvalue weighted by atomic mass is 16.5. The third kappa shape index (κ3) is 4.81. The summed E-state index contributed by atoms with van der Waals surface area (Å²) in [5.74, 6) is 0.764. The molecule has 0 atom stereocenters. The number of anilines is 3. The first-order chi connectivity index (χ1) is 15.1. The van der Waals surface area contributed by atoms with E-state index in [9.17, 15) is 9.90 Å². The number of amides is 2. The zero-order valence-corrected chi connectivity index (χ0v) is 17.5. The van der Waals surface area contributed by atoms with Crippen LogP contribution in [0.5, 0.6) is 5.75 Å². The van der Waals surface area contributed by atoms with Crippen LogP contribution in [0.3, 0.4) is 0 Å². The first kappa shape index (κ1) is 20.8. The number of methoxy groups -OCH3 is 1. The fourth-order valence-corrected chi connectivity index (χ4v) is 3.86. The molecule has 0 bridgehead atoms. The van der Waals surface area contributed by atoms with Crippen LogP contribution in [0, 0.1) is 0 Å². The minimum atomic E-state index is -0.871. The maximum atomic E-state index is 12.7. The molecule has 2 amide bonds. The van der Waals surface area contributed by atoms with Crippen molar-refractivity contribution in [2.24, 2.45) is 0 Å². The Morgan fingerprint density at radius 1 is 0.903 bits per heavy atom. The molecular formula is C25H27N3O3. The number of ether oxygens (including phenoxy) is 1. The number of carbonyl (C=O) groups excluding carboxylic acids is 1. The van der Waals surface area contributed by atoms with Gasteiger partial charge >= 0.3 is 6.03 Å². The minimum Gasteiger partial charge on any atom is -0.495 e. The Labute approximate surface area is 182 Å². The van der Waals surface area contributed by atoms with Crippen LogP contribution in [0.2, 0.25) is 0 Å². The third-order valence-electron chi connectivity index (χ3n) is 5.71. The second-order valence-corrected chi connectivity index (χ2v) is 7.72. The number of nitrogens with zero attached hydrogens (tertiary/aromatic N) is 1. The van der Waals surface area contributed by atoms with Gasteiger partial charge in [0.25, 0.3) is 0 Å². The van der Waals surface area contributed by atoms with Gasteiger partial charge in [-0.3, -0.25) is 0 Å². The van der Waals surface area contributed by atoms with Crippen LogP contribution < -0.4 is 15.4 Å². The molecular weight excluding hydrogens is 390 g/mol. The molecule has 1 aliphatic heterocycles. The highest BCUT2D eigenvalue weighted by Gasteiger charge is 2.35. The van der Waals surface area contributed by atoms with Crippen LogP contribution in [-0.4, -0.2) is 36.2 Å². The summed E-state index contributed by atoms with van der Waals surface area (Å²) in [6.45, 7) is 1.01. The molecule has 3 aromatic rings. The summed E-state index contributed by atoms with van der Waals surface area (Å²) in [4.78, 5) is 14.4. The SMILES string of the molecule is COc1ccccc1Nc1ccc(NC(=O)N2CCC(O)(c3ccccc3)CC2)cc1. The van der Waals surface area contributed by atoms with Crippen molar-refractivity contribution in [2.75, 3.05) is 30.8 Å². The number of piperidine rings is 1. The molecule has 31 heavy (non-hydrogen) atoms. The maximum Gasteiger partial charge on any atom is 0.321 e. The van der Waals surface area contributed by atoms with E-state index in [-0.39, 0.29) is 6.03 Å². The van der Waals surface area contributed by atoms with E-state index < -0.39 is 5.60 Å². The second kappa shape index (κ2) is 9.10. The van der Waals surface area contributed by atoms with E-state index in [2.05, 4.69) is 10.6 Å². The number of hydrogen-bond donors (Lipinski definition) is 3. The molecule has 0 aliphatic carbocycles. The molecule has 1 saturated heterocycles. The lowest BCUT2D eigenvalue weighted by atomic mass is 9.84. The molecule has 3 aromatic carbocycles. The molecule has 0 spiro atoms. The Morgan fingerprint density at radius 2 is 1.52 bits per heavy atom. The molecule has 6 heteroatoms. The maximum absolute atomic E-state index is 12.7. The Morgan fingerprint density at radius 3 is 2.19 bits per heavy atom. The zero-order valence-electron chi connectivity index (χ0n) is 17.5. The van der Waals surface area contributed by atoms with Gasteiger partial charge in [-0.15, -0.1) is 0 Å². The minimum absolute atomic E-state index is 0.152. The van der Waals surface area contributed by atoms with Crippen LogP contribution in [-0.2, 0) is 5.60 Å². The van der Waals surface area contributed by atoms with E-state index in [4.69, 9.17) is 4.74 Å². The molecule has 6 nitrogen and oxygen atoms in total. The van der Waals surface area contributed by atoms with E-state index in [1.165, 1.54) is 0 Å². The Balaban J connectivity index is 1.33. The molecule has 1 heterocycles. The highest BCUT2D eigenvalue weighted by molar-refractivity contribution is 5.89. The summed E-state index contributed by atoms with van der Waals surface area (Å²) < 4.78 is 5.36. The van der Waals surface area contributed by atoms with Gasteiger partial charge in [0.15, 0.2) is 0 Å². The van der Waals surface area contributed by atoms with E-state index in [1.807, 2.05) is 78.9 Å². The van der Waals surface area contributed by atoms with Crippen molar-refractivity contribution in [2.45, 2.75) is 18.4 Å². The summed E-state index contributed by atoms with van der Waals surface area (Å²) in [6.07, 6.45) is 1.04. The third-order valence-corrected chi connectivity index (χ3v) is 5.71. The number of para-hydroxylation sites is 2. The number of likely N-dealkylation sites (tertiary alicyclic amines) is 1. The molecule has 0 unspecified atom stereocenters. The summed E-state index contributed by atoms with van der Waals surface area (Å²) in [5, 5.41) is 17.2. The van der Waals surface area contributed by atoms with Gasteiger partial charge in [-0.1, -0.05) is 42.5 Å². The van der Waals surface area contributed by atoms with Crippen molar-refractivity contribution in [1.82, 2.24) is 4.90 Å². The van der Waals surface area contributed by atoms with Crippen LogP contribution in [0.4, 0.5) is 21.9 Å². The number of aliphatic hydroxyl groups is 1. The Hall–Kier alpha value is -3.51. The summed E-state index contributed by atoms with van der Waals surface area (Å²) in [6, 6.07) is 24.8. The van der Waals surface area contributed by atoms with Crippen molar-refractivity contribution in [1.29, 1.82) is 0 Å². The number of carbonyl (C=O) groups is 1. The largest absolute Gasteiger partial charge is 0.495 e. The number of urea groups is 1. The van der Waals surface area contributed by atoms with Crippen molar-refractivity contribution in [3.8, 4) is 5.75 Å². The van der Waals surface area contributed by atoms with Gasteiger partial charge < -0.3 is 25.4 Å². The lowest BCUT2D eigenvalue weighted by Crippen LogP contribution is -2.46. The molecule has 0 saturated carbocycles. The predicted molar refractivity (Wildman–Crippen MR) is 123 cm³/mol. The van der Waals surface area contributed by atoms with Crippen LogP contribution in [0.15, 0.2) is 78.9 Å². The molecule has 0 aromatic heterocycles. The summed E-state index contributed by atoms with van der Waals surface area (Å²) >= 11 is 0. The molecule has 160 valence electrons. The average molecular weight is 418 g/mol. The first-order valence-corrected chi connectivity index (χ1v) is 10.4. The summed E-state index contributed by atoms with van der Waals surface area (Å²) in [5.41, 5.74) is 2.53. The van der Waals surface area contributed by atoms with Crippen molar-refractivity contribution >= 4 is 23.1 Å². The van der Waals surface area contributed by atoms with Gasteiger partial charge in [0, 0.05) is 24.5 Å². The predicted octanol–water partition coefficient (Wildman–Crippen LogP) is 4.95. The van der Waals surface area contributed by atoms with E-state index >= 15 is 0 Å². The number of benzene rings is 3. The monoisotopic (exact) mass is 417 g/mol. The van der Waals surface area contributed by atoms with Crippen LogP contribution >= 0.6 is 0 Å². The quantitative estimate of drug-likeness (QED) is 0.549. The standard InChI is InChI=1S/C25H27N3O3/c1-31-23-10-6-5-9-22(23)26-20-11-13-21(14-12-20)27-24(29)28-17-15-25(30,16-18-28)19-7-3-2-4-8-19/h2-14,26,30H,15-18H2,1H3,(H,27,29). The van der Waals surface area contributed by atoms with Gasteiger partial charge in [-0.05, 0) is 54.8 Å². The lowest BCUT2D eigenvalue weighted by Gasteiger charge is -2.38. The molecule has 1 aliphatic rings. The molecule has 4 rings (SSSR count). The lowest BCUT2D eigenvalue weighted by molar-refractivity contribution is -0.0156. The fraction of sp³-hybridized carbons (Fsp3) is 0.240. The normalized spacial score (nSPS) is 15.2. The van der Waals surface area contributed by atoms with E-state index in [0.717, 1.165) is 28.4 Å². The van der Waals surface area contributed by atoms with Crippen LogP contribution in [0.1, 0.15) is 18.4 Å². The van der Waals surface area contributed by atoms with E-state index in [0.29, 0.717) is 25.9 Å². The van der Waals surface area contributed by atoms with Gasteiger partial charge in [-0.2, -0.15) is 0 Å². The number of nitrogens with one attached hydrogen (secondary N) is 2. The van der Waals surface area contributed by atoms with E-state index in [1.54, 1.807) is 12.0 Å². The topological polar surface area (TPSA) is 73.8 Å². The zero-order chi connectivity index (χ0) is 21.7.